The number of rotatable bonds is 6. The number of aromatic nitrogens is 3. The largest absolute Gasteiger partial charge is 0.324 e. The molecule has 0 bridgehead atoms. The second-order valence-corrected chi connectivity index (χ2v) is 5.63. The Morgan fingerprint density at radius 2 is 2.33 bits per heavy atom. The monoisotopic (exact) mass is 328 g/mol. The topological polar surface area (TPSA) is 70.7 Å². The van der Waals surface area contributed by atoms with Gasteiger partial charge in [-0.1, -0.05) is 30.3 Å². The molecule has 5 nitrogen and oxygen atoms in total. The number of hydrogen-bond donors (Lipinski definition) is 2. The third kappa shape index (κ3) is 4.71. The summed E-state index contributed by atoms with van der Waals surface area (Å²) in [5, 5.41) is 10.1. The third-order valence-electron chi connectivity index (χ3n) is 2.54. The number of nitrogens with zero attached hydrogens (tertiary/aromatic N) is 2. The van der Waals surface area contributed by atoms with Gasteiger partial charge in [0.2, 0.25) is 11.1 Å². The fourth-order valence-electron chi connectivity index (χ4n) is 1.60. The first-order valence-corrected chi connectivity index (χ1v) is 7.74. The summed E-state index contributed by atoms with van der Waals surface area (Å²) in [6.07, 6.45) is 1.80. The fourth-order valence-corrected chi connectivity index (χ4v) is 2.43. The number of aromatic amines is 1. The molecule has 1 amide bonds. The average Bonchev–Trinajstić information content (AvgIpc) is 2.88. The zero-order valence-corrected chi connectivity index (χ0v) is 12.9. The van der Waals surface area contributed by atoms with Crippen molar-refractivity contribution in [2.45, 2.75) is 24.9 Å². The molecular weight excluding hydrogens is 315 g/mol. The maximum atomic E-state index is 12.9. The summed E-state index contributed by atoms with van der Waals surface area (Å²) in [6, 6.07) is 3.81. The van der Waals surface area contributed by atoms with E-state index < -0.39 is 5.82 Å². The Hall–Kier alpha value is -1.60. The number of thioether (sulfide) groups is 1. The number of amides is 1. The van der Waals surface area contributed by atoms with E-state index in [-0.39, 0.29) is 16.7 Å². The van der Waals surface area contributed by atoms with Crippen LogP contribution >= 0.6 is 23.4 Å². The molecule has 1 heterocycles. The van der Waals surface area contributed by atoms with Crippen molar-refractivity contribution in [1.29, 1.82) is 0 Å². The van der Waals surface area contributed by atoms with Crippen LogP contribution in [-0.2, 0) is 11.2 Å². The van der Waals surface area contributed by atoms with E-state index in [1.165, 1.54) is 23.9 Å². The molecule has 112 valence electrons. The first-order valence-electron chi connectivity index (χ1n) is 6.37. The van der Waals surface area contributed by atoms with Crippen molar-refractivity contribution in [3.8, 4) is 0 Å². The Kier molecular flexibility index (Phi) is 5.58. The number of carbonyl (C=O) groups is 1. The summed E-state index contributed by atoms with van der Waals surface area (Å²) in [4.78, 5) is 16.1. The van der Waals surface area contributed by atoms with Gasteiger partial charge in [0, 0.05) is 6.42 Å². The highest BCUT2D eigenvalue weighted by Crippen LogP contribution is 2.23. The van der Waals surface area contributed by atoms with Crippen LogP contribution in [-0.4, -0.2) is 26.8 Å². The molecule has 0 spiro atoms. The molecule has 0 atom stereocenters. The minimum absolute atomic E-state index is 0.150. The van der Waals surface area contributed by atoms with Crippen molar-refractivity contribution >= 4 is 35.0 Å². The van der Waals surface area contributed by atoms with Crippen molar-refractivity contribution < 1.29 is 9.18 Å². The summed E-state index contributed by atoms with van der Waals surface area (Å²) < 4.78 is 12.9. The second kappa shape index (κ2) is 7.42. The lowest BCUT2D eigenvalue weighted by molar-refractivity contribution is -0.113. The molecule has 2 aromatic rings. The number of nitrogens with one attached hydrogen (secondary N) is 2. The lowest BCUT2D eigenvalue weighted by Crippen LogP contribution is -2.14. The third-order valence-corrected chi connectivity index (χ3v) is 3.70. The first-order chi connectivity index (χ1) is 10.1. The van der Waals surface area contributed by atoms with Gasteiger partial charge in [0.05, 0.1) is 16.5 Å². The van der Waals surface area contributed by atoms with E-state index >= 15 is 0 Å². The average molecular weight is 329 g/mol. The van der Waals surface area contributed by atoms with Crippen LogP contribution in [0.2, 0.25) is 5.02 Å². The lowest BCUT2D eigenvalue weighted by Gasteiger charge is -2.06. The molecule has 0 radical (unpaired) electrons. The zero-order chi connectivity index (χ0) is 15.2. The van der Waals surface area contributed by atoms with Gasteiger partial charge in [-0.2, -0.15) is 0 Å². The van der Waals surface area contributed by atoms with Crippen molar-refractivity contribution in [3.63, 3.8) is 0 Å². The highest BCUT2D eigenvalue weighted by molar-refractivity contribution is 7.99. The number of anilines is 1. The van der Waals surface area contributed by atoms with E-state index in [2.05, 4.69) is 27.4 Å². The van der Waals surface area contributed by atoms with Gasteiger partial charge >= 0.3 is 0 Å². The lowest BCUT2D eigenvalue weighted by atomic mass is 10.3. The van der Waals surface area contributed by atoms with E-state index in [0.717, 1.165) is 24.7 Å². The van der Waals surface area contributed by atoms with E-state index in [0.29, 0.717) is 10.8 Å². The van der Waals surface area contributed by atoms with Gasteiger partial charge in [-0.15, -0.1) is 5.10 Å². The maximum absolute atomic E-state index is 12.9. The molecule has 2 rings (SSSR count). The normalized spacial score (nSPS) is 10.6. The Morgan fingerprint density at radius 1 is 1.52 bits per heavy atom. The van der Waals surface area contributed by atoms with Crippen LogP contribution in [0.1, 0.15) is 19.2 Å². The van der Waals surface area contributed by atoms with Gasteiger partial charge in [-0.25, -0.2) is 9.37 Å². The summed E-state index contributed by atoms with van der Waals surface area (Å²) in [7, 11) is 0. The van der Waals surface area contributed by atoms with E-state index in [4.69, 9.17) is 11.6 Å². The molecule has 21 heavy (non-hydrogen) atoms. The number of aryl methyl sites for hydroxylation is 1. The number of hydrogen-bond acceptors (Lipinski definition) is 4. The highest BCUT2D eigenvalue weighted by atomic mass is 35.5. The summed E-state index contributed by atoms with van der Waals surface area (Å²) in [5.74, 6) is 0.255. The summed E-state index contributed by atoms with van der Waals surface area (Å²) in [6.45, 7) is 2.05. The van der Waals surface area contributed by atoms with Crippen LogP contribution in [0.4, 0.5) is 10.1 Å². The number of benzene rings is 1. The molecule has 0 unspecified atom stereocenters. The fraction of sp³-hybridized carbons (Fsp3) is 0.308. The minimum Gasteiger partial charge on any atom is -0.324 e. The molecule has 1 aromatic carbocycles. The maximum Gasteiger partial charge on any atom is 0.234 e. The standard InChI is InChI=1S/C13H14ClFN4OS/c1-2-3-11-17-13(19-18-11)21-7-12(20)16-10-5-4-8(15)6-9(10)14/h4-6H,2-3,7H2,1H3,(H,16,20)(H,17,18,19). The van der Waals surface area contributed by atoms with Crippen LogP contribution in [0.5, 0.6) is 0 Å². The van der Waals surface area contributed by atoms with Gasteiger partial charge in [0.1, 0.15) is 11.6 Å². The first kappa shape index (κ1) is 15.8. The van der Waals surface area contributed by atoms with E-state index in [1.54, 1.807) is 0 Å². The SMILES string of the molecule is CCCc1nc(SCC(=O)Nc2ccc(F)cc2Cl)n[nH]1. The van der Waals surface area contributed by atoms with Crippen molar-refractivity contribution in [2.75, 3.05) is 11.1 Å². The Labute approximate surface area is 130 Å². The molecule has 2 N–H and O–H groups in total. The molecular formula is C13H14ClFN4OS. The second-order valence-electron chi connectivity index (χ2n) is 4.28. The summed E-state index contributed by atoms with van der Waals surface area (Å²) >= 11 is 7.06. The van der Waals surface area contributed by atoms with Crippen LogP contribution in [0.15, 0.2) is 23.4 Å². The zero-order valence-electron chi connectivity index (χ0n) is 11.3. The number of carbonyl (C=O) groups excluding carboxylic acids is 1. The van der Waals surface area contributed by atoms with Crippen LogP contribution in [0.25, 0.3) is 0 Å². The molecule has 0 saturated carbocycles. The van der Waals surface area contributed by atoms with Crippen molar-refractivity contribution in [2.24, 2.45) is 0 Å². The number of halogens is 2. The predicted molar refractivity (Wildman–Crippen MR) is 81.1 cm³/mol. The molecule has 8 heteroatoms. The van der Waals surface area contributed by atoms with Crippen LogP contribution in [0.3, 0.4) is 0 Å². The van der Waals surface area contributed by atoms with Gasteiger partial charge in [-0.05, 0) is 24.6 Å². The van der Waals surface area contributed by atoms with Gasteiger partial charge in [0.25, 0.3) is 0 Å². The van der Waals surface area contributed by atoms with Crippen LogP contribution < -0.4 is 5.32 Å². The Morgan fingerprint density at radius 3 is 3.05 bits per heavy atom. The van der Waals surface area contributed by atoms with Crippen molar-refractivity contribution in [1.82, 2.24) is 15.2 Å². The summed E-state index contributed by atoms with van der Waals surface area (Å²) in [5.41, 5.74) is 0.380. The molecule has 1 aromatic heterocycles. The minimum atomic E-state index is -0.448. The smallest absolute Gasteiger partial charge is 0.234 e. The van der Waals surface area contributed by atoms with Gasteiger partial charge in [-0.3, -0.25) is 9.89 Å². The highest BCUT2D eigenvalue weighted by Gasteiger charge is 2.10. The van der Waals surface area contributed by atoms with Gasteiger partial charge < -0.3 is 5.32 Å². The quantitative estimate of drug-likeness (QED) is 0.798. The van der Waals surface area contributed by atoms with Crippen LogP contribution in [0, 0.1) is 5.82 Å². The van der Waals surface area contributed by atoms with E-state index in [9.17, 15) is 9.18 Å². The molecule has 0 fully saturated rings. The molecule has 0 aliphatic carbocycles. The Bertz CT molecular complexity index is 634. The van der Waals surface area contributed by atoms with Crippen molar-refractivity contribution in [3.05, 3.63) is 34.9 Å². The van der Waals surface area contributed by atoms with E-state index in [1.807, 2.05) is 0 Å². The molecule has 0 aliphatic heterocycles. The predicted octanol–water partition coefficient (Wildman–Crippen LogP) is 3.28. The van der Waals surface area contributed by atoms with Gasteiger partial charge in [0.15, 0.2) is 0 Å². The Balaban J connectivity index is 1.86. The molecule has 0 aliphatic rings. The number of H-pyrrole nitrogens is 1. The molecule has 0 saturated heterocycles.